The van der Waals surface area contributed by atoms with Crippen LogP contribution in [0.3, 0.4) is 0 Å². The minimum Gasteiger partial charge on any atom is -0.390 e. The van der Waals surface area contributed by atoms with E-state index >= 15 is 0 Å². The highest BCUT2D eigenvalue weighted by molar-refractivity contribution is 7.89. The molecule has 0 radical (unpaired) electrons. The number of halogens is 2. The maximum atomic E-state index is 14.1. The van der Waals surface area contributed by atoms with E-state index in [0.29, 0.717) is 45.0 Å². The Hall–Kier alpha value is -3.46. The van der Waals surface area contributed by atoms with Crippen LogP contribution >= 0.6 is 0 Å². The lowest BCUT2D eigenvalue weighted by atomic mass is 9.99. The number of hydrazine groups is 1. The number of nitrogens with one attached hydrogen (secondary N) is 2. The van der Waals surface area contributed by atoms with E-state index in [4.69, 9.17) is 0 Å². The van der Waals surface area contributed by atoms with Gasteiger partial charge in [0.2, 0.25) is 15.9 Å². The van der Waals surface area contributed by atoms with Gasteiger partial charge in [-0.15, -0.1) is 0 Å². The smallest absolute Gasteiger partial charge is 0.253 e. The van der Waals surface area contributed by atoms with Crippen molar-refractivity contribution < 1.29 is 36.7 Å². The molecule has 0 fully saturated rings. The van der Waals surface area contributed by atoms with Gasteiger partial charge in [-0.3, -0.25) is 19.8 Å². The summed E-state index contributed by atoms with van der Waals surface area (Å²) in [7, 11) is -1.42. The van der Waals surface area contributed by atoms with Gasteiger partial charge in [-0.1, -0.05) is 41.0 Å². The lowest BCUT2D eigenvalue weighted by Crippen LogP contribution is -2.54. The van der Waals surface area contributed by atoms with E-state index < -0.39 is 45.6 Å². The van der Waals surface area contributed by atoms with Gasteiger partial charge in [-0.2, -0.15) is 0 Å². The second-order valence-electron chi connectivity index (χ2n) is 12.4. The van der Waals surface area contributed by atoms with Gasteiger partial charge < -0.3 is 15.3 Å². The zero-order valence-corrected chi connectivity index (χ0v) is 29.9. The number of hydrogen-bond acceptors (Lipinski definition) is 7. The summed E-state index contributed by atoms with van der Waals surface area (Å²) in [4.78, 5) is 41.2. The number of aliphatic hydroxyl groups excluding tert-OH is 1. The predicted octanol–water partition coefficient (Wildman–Crippen LogP) is 3.97. The summed E-state index contributed by atoms with van der Waals surface area (Å²) >= 11 is 0. The van der Waals surface area contributed by atoms with Gasteiger partial charge in [-0.05, 0) is 61.6 Å². The minimum atomic E-state index is -4.08. The van der Waals surface area contributed by atoms with Crippen molar-refractivity contribution in [2.75, 3.05) is 40.3 Å². The van der Waals surface area contributed by atoms with Crippen LogP contribution in [0.1, 0.15) is 86.6 Å². The summed E-state index contributed by atoms with van der Waals surface area (Å²) < 4.78 is 55.7. The first-order valence-corrected chi connectivity index (χ1v) is 17.8. The molecule has 2 aromatic rings. The molecule has 2 aromatic carbocycles. The van der Waals surface area contributed by atoms with Gasteiger partial charge in [0, 0.05) is 63.4 Å². The van der Waals surface area contributed by atoms with Crippen molar-refractivity contribution >= 4 is 27.7 Å². The van der Waals surface area contributed by atoms with Crippen molar-refractivity contribution in [2.24, 2.45) is 5.92 Å². The molecular formula is C34H51F2N5O6S. The normalized spacial score (nSPS) is 13.1. The number of sulfonamides is 1. The van der Waals surface area contributed by atoms with Crippen molar-refractivity contribution in [3.63, 3.8) is 0 Å². The van der Waals surface area contributed by atoms with Gasteiger partial charge in [0.15, 0.2) is 0 Å². The van der Waals surface area contributed by atoms with Crippen LogP contribution in [0.2, 0.25) is 0 Å². The number of carbonyl (C=O) groups excluding carboxylic acids is 3. The van der Waals surface area contributed by atoms with Crippen molar-refractivity contribution in [2.45, 2.75) is 83.8 Å². The summed E-state index contributed by atoms with van der Waals surface area (Å²) in [5.41, 5.74) is 2.77. The topological polar surface area (TPSA) is 139 Å². The number of nitrogens with zero attached hydrogens (tertiary/aromatic N) is 3. The number of rotatable bonds is 19. The summed E-state index contributed by atoms with van der Waals surface area (Å²) in [6, 6.07) is 5.40. The van der Waals surface area contributed by atoms with Crippen LogP contribution in [-0.4, -0.2) is 97.9 Å². The molecular weight excluding hydrogens is 644 g/mol. The molecule has 0 aliphatic heterocycles. The fourth-order valence-corrected chi connectivity index (χ4v) is 5.92. The third-order valence-corrected chi connectivity index (χ3v) is 9.40. The molecule has 2 rings (SSSR count). The molecule has 0 spiro atoms. The summed E-state index contributed by atoms with van der Waals surface area (Å²) in [5, 5.41) is 15.7. The number of amides is 3. The number of unbranched alkanes of at least 4 members (excludes halogenated alkanes) is 1. The first-order chi connectivity index (χ1) is 22.5. The zero-order chi connectivity index (χ0) is 36.2. The third kappa shape index (κ3) is 11.9. The molecule has 0 saturated heterocycles. The lowest BCUT2D eigenvalue weighted by molar-refractivity contribution is -0.129. The minimum absolute atomic E-state index is 0.00332. The fourth-order valence-electron chi connectivity index (χ4n) is 4.95. The summed E-state index contributed by atoms with van der Waals surface area (Å²) in [6.07, 6.45) is 1.26. The van der Waals surface area contributed by atoms with Crippen LogP contribution in [0.15, 0.2) is 41.3 Å². The van der Waals surface area contributed by atoms with Gasteiger partial charge in [0.05, 0.1) is 17.0 Å². The van der Waals surface area contributed by atoms with Crippen LogP contribution in [-0.2, 0) is 21.2 Å². The molecule has 3 amide bonds. The largest absolute Gasteiger partial charge is 0.390 e. The fraction of sp³-hybridized carbons (Fsp3) is 0.559. The second-order valence-corrected chi connectivity index (χ2v) is 14.5. The average molecular weight is 696 g/mol. The molecule has 0 aliphatic rings. The third-order valence-electron chi connectivity index (χ3n) is 7.61. The molecule has 0 saturated carbocycles. The first kappa shape index (κ1) is 40.7. The van der Waals surface area contributed by atoms with Crippen LogP contribution in [0.5, 0.6) is 0 Å². The molecule has 3 N–H and O–H groups in total. The Morgan fingerprint density at radius 2 is 1.44 bits per heavy atom. The van der Waals surface area contributed by atoms with E-state index in [1.165, 1.54) is 26.2 Å². The standard InChI is InChI=1S/C34H51F2N5O6S/c1-8-11-14-41(38-32(43)23(4)5)22-31(42)30(17-24-15-27(35)21-28(36)16-24)37-33(44)25-18-26(34(45)40(12-9-2)13-10-3)20-29(19-25)48(46,47)39(6)7/h15-16,18-21,23,30-31,42H,8-14,17,22H2,1-7H3,(H,37,44)(H,38,43). The Morgan fingerprint density at radius 3 is 1.96 bits per heavy atom. The first-order valence-electron chi connectivity index (χ1n) is 16.4. The van der Waals surface area contributed by atoms with Crippen molar-refractivity contribution in [3.05, 3.63) is 64.7 Å². The Kier molecular flexibility index (Phi) is 16.0. The molecule has 2 unspecified atom stereocenters. The Labute approximate surface area is 283 Å². The van der Waals surface area contributed by atoms with E-state index in [-0.39, 0.29) is 46.4 Å². The lowest BCUT2D eigenvalue weighted by Gasteiger charge is -2.31. The molecule has 268 valence electrons. The average Bonchev–Trinajstić information content (AvgIpc) is 3.01. The highest BCUT2D eigenvalue weighted by Gasteiger charge is 2.29. The Bertz CT molecular complexity index is 1480. The number of carbonyl (C=O) groups is 3. The van der Waals surface area contributed by atoms with Crippen molar-refractivity contribution in [3.8, 4) is 0 Å². The van der Waals surface area contributed by atoms with Crippen LogP contribution < -0.4 is 10.7 Å². The number of aliphatic hydroxyl groups is 1. The van der Waals surface area contributed by atoms with Gasteiger partial charge in [-0.25, -0.2) is 26.5 Å². The highest BCUT2D eigenvalue weighted by atomic mass is 32.2. The monoisotopic (exact) mass is 695 g/mol. The maximum absolute atomic E-state index is 14.1. The van der Waals surface area contributed by atoms with E-state index in [9.17, 15) is 36.7 Å². The van der Waals surface area contributed by atoms with Crippen molar-refractivity contribution in [1.82, 2.24) is 25.0 Å². The number of benzene rings is 2. The number of hydrogen-bond donors (Lipinski definition) is 3. The molecule has 14 heteroatoms. The molecule has 2 atom stereocenters. The van der Waals surface area contributed by atoms with Gasteiger partial charge in [0.25, 0.3) is 11.8 Å². The van der Waals surface area contributed by atoms with E-state index in [1.807, 2.05) is 20.8 Å². The molecule has 48 heavy (non-hydrogen) atoms. The van der Waals surface area contributed by atoms with Gasteiger partial charge in [0.1, 0.15) is 11.6 Å². The summed E-state index contributed by atoms with van der Waals surface area (Å²) in [6.45, 7) is 10.3. The van der Waals surface area contributed by atoms with Crippen molar-refractivity contribution in [1.29, 1.82) is 0 Å². The highest BCUT2D eigenvalue weighted by Crippen LogP contribution is 2.21. The predicted molar refractivity (Wildman–Crippen MR) is 181 cm³/mol. The van der Waals surface area contributed by atoms with E-state index in [0.717, 1.165) is 28.9 Å². The van der Waals surface area contributed by atoms with E-state index in [1.54, 1.807) is 23.8 Å². The molecule has 0 aromatic heterocycles. The van der Waals surface area contributed by atoms with Gasteiger partial charge >= 0.3 is 0 Å². The van der Waals surface area contributed by atoms with Crippen LogP contribution in [0.4, 0.5) is 8.78 Å². The molecule has 0 heterocycles. The molecule has 0 bridgehead atoms. The molecule has 11 nitrogen and oxygen atoms in total. The Morgan fingerprint density at radius 1 is 0.854 bits per heavy atom. The molecule has 0 aliphatic carbocycles. The zero-order valence-electron chi connectivity index (χ0n) is 29.1. The SMILES string of the molecule is CCCCN(CC(O)C(Cc1cc(F)cc(F)c1)NC(=O)c1cc(C(=O)N(CCC)CCC)cc(S(=O)(=O)N(C)C)c1)NC(=O)C(C)C. The van der Waals surface area contributed by atoms with E-state index in [2.05, 4.69) is 10.7 Å². The maximum Gasteiger partial charge on any atom is 0.253 e. The quantitative estimate of drug-likeness (QED) is 0.189. The van der Waals surface area contributed by atoms with Crippen LogP contribution in [0.25, 0.3) is 0 Å². The Balaban J connectivity index is 2.59. The van der Waals surface area contributed by atoms with Crippen LogP contribution in [0, 0.1) is 17.6 Å². The summed E-state index contributed by atoms with van der Waals surface area (Å²) in [5.74, 6) is -3.56. The second kappa shape index (κ2) is 18.9.